The number of aromatic nitrogens is 1. The van der Waals surface area contributed by atoms with Crippen molar-refractivity contribution < 1.29 is 4.79 Å². The van der Waals surface area contributed by atoms with Crippen LogP contribution in [0.15, 0.2) is 12.1 Å². The van der Waals surface area contributed by atoms with Gasteiger partial charge in [-0.3, -0.25) is 4.79 Å². The van der Waals surface area contributed by atoms with E-state index in [1.165, 1.54) is 24.2 Å². The Balaban J connectivity index is 1.81. The summed E-state index contributed by atoms with van der Waals surface area (Å²) in [7, 11) is 0. The number of hydrogen-bond donors (Lipinski definition) is 1. The van der Waals surface area contributed by atoms with Crippen molar-refractivity contribution in [2.24, 2.45) is 5.92 Å². The van der Waals surface area contributed by atoms with Gasteiger partial charge in [-0.1, -0.05) is 53.1 Å². The molecule has 1 aliphatic carbocycles. The number of benzene rings is 1. The third-order valence-electron chi connectivity index (χ3n) is 4.19. The number of amides is 1. The largest absolute Gasteiger partial charge is 0.338 e. The van der Waals surface area contributed by atoms with Crippen LogP contribution in [0.3, 0.4) is 0 Å². The van der Waals surface area contributed by atoms with Crippen LogP contribution in [0.2, 0.25) is 15.1 Å². The van der Waals surface area contributed by atoms with Crippen molar-refractivity contribution in [2.75, 3.05) is 18.4 Å². The first kappa shape index (κ1) is 19.7. The smallest absolute Gasteiger partial charge is 0.265 e. The van der Waals surface area contributed by atoms with Gasteiger partial charge < -0.3 is 10.2 Å². The SMILES string of the molecule is CCCN(CC1CC1)C(=O)c1sc(Nc2c(Cl)cc(Cl)cc2Cl)nc1C. The molecular weight excluding hydrogens is 413 g/mol. The Hall–Kier alpha value is -1.01. The van der Waals surface area contributed by atoms with Gasteiger partial charge in [0.25, 0.3) is 5.91 Å². The number of rotatable bonds is 7. The standard InChI is InChI=1S/C18H20Cl3N3OS/c1-3-6-24(9-11-4-5-11)17(25)16-10(2)22-18(26-16)23-15-13(20)7-12(19)8-14(15)21/h7-8,11H,3-6,9H2,1-2H3,(H,22,23). The molecule has 1 amide bonds. The maximum absolute atomic E-state index is 13.0. The zero-order valence-corrected chi connectivity index (χ0v) is 17.7. The van der Waals surface area contributed by atoms with Gasteiger partial charge in [0, 0.05) is 18.1 Å². The summed E-state index contributed by atoms with van der Waals surface area (Å²) in [4.78, 5) is 20.0. The fourth-order valence-corrected chi connectivity index (χ4v) is 4.57. The summed E-state index contributed by atoms with van der Waals surface area (Å²) in [5.41, 5.74) is 1.24. The van der Waals surface area contributed by atoms with E-state index in [0.717, 1.165) is 19.5 Å². The molecule has 0 bridgehead atoms. The number of halogens is 3. The number of carbonyl (C=O) groups excluding carboxylic acids is 1. The number of anilines is 2. The second kappa shape index (κ2) is 8.34. The molecule has 2 aromatic rings. The molecule has 1 saturated carbocycles. The lowest BCUT2D eigenvalue weighted by molar-refractivity contribution is 0.0751. The Morgan fingerprint density at radius 3 is 2.54 bits per heavy atom. The summed E-state index contributed by atoms with van der Waals surface area (Å²) < 4.78 is 0. The van der Waals surface area contributed by atoms with Crippen LogP contribution in [0.1, 0.15) is 41.6 Å². The van der Waals surface area contributed by atoms with Gasteiger partial charge in [-0.25, -0.2) is 4.98 Å². The molecule has 1 aliphatic rings. The van der Waals surface area contributed by atoms with E-state index in [2.05, 4.69) is 17.2 Å². The van der Waals surface area contributed by atoms with E-state index in [4.69, 9.17) is 34.8 Å². The summed E-state index contributed by atoms with van der Waals surface area (Å²) in [6, 6.07) is 3.23. The fraction of sp³-hybridized carbons (Fsp3) is 0.444. The van der Waals surface area contributed by atoms with Crippen LogP contribution in [0.25, 0.3) is 0 Å². The van der Waals surface area contributed by atoms with Gasteiger partial charge >= 0.3 is 0 Å². The second-order valence-electron chi connectivity index (χ2n) is 6.50. The molecule has 0 atom stereocenters. The van der Waals surface area contributed by atoms with Gasteiger partial charge in [0.15, 0.2) is 5.13 Å². The normalized spacial score (nSPS) is 13.7. The molecule has 0 unspecified atom stereocenters. The number of nitrogens with zero attached hydrogens (tertiary/aromatic N) is 2. The van der Waals surface area contributed by atoms with E-state index in [-0.39, 0.29) is 5.91 Å². The molecular formula is C18H20Cl3N3OS. The van der Waals surface area contributed by atoms with Crippen molar-refractivity contribution in [3.05, 3.63) is 37.8 Å². The molecule has 0 aliphatic heterocycles. The van der Waals surface area contributed by atoms with Gasteiger partial charge in [0.2, 0.25) is 0 Å². The van der Waals surface area contributed by atoms with E-state index in [1.807, 2.05) is 11.8 Å². The second-order valence-corrected chi connectivity index (χ2v) is 8.75. The summed E-state index contributed by atoms with van der Waals surface area (Å²) in [6.45, 7) is 5.54. The molecule has 1 heterocycles. The average molecular weight is 433 g/mol. The van der Waals surface area contributed by atoms with E-state index in [9.17, 15) is 4.79 Å². The Bertz CT molecular complexity index is 797. The Morgan fingerprint density at radius 2 is 1.96 bits per heavy atom. The highest BCUT2D eigenvalue weighted by molar-refractivity contribution is 7.17. The van der Waals surface area contributed by atoms with Gasteiger partial charge in [-0.2, -0.15) is 0 Å². The molecule has 1 N–H and O–H groups in total. The minimum absolute atomic E-state index is 0.0510. The number of hydrogen-bond acceptors (Lipinski definition) is 4. The van der Waals surface area contributed by atoms with Crippen LogP contribution in [0.4, 0.5) is 10.8 Å². The van der Waals surface area contributed by atoms with E-state index < -0.39 is 0 Å². The van der Waals surface area contributed by atoms with Crippen molar-refractivity contribution in [3.63, 3.8) is 0 Å². The maximum atomic E-state index is 13.0. The van der Waals surface area contributed by atoms with Crippen LogP contribution >= 0.6 is 46.1 Å². The molecule has 0 saturated heterocycles. The zero-order chi connectivity index (χ0) is 18.8. The number of carbonyl (C=O) groups is 1. The predicted octanol–water partition coefficient (Wildman–Crippen LogP) is 6.42. The fourth-order valence-electron chi connectivity index (χ4n) is 2.72. The predicted molar refractivity (Wildman–Crippen MR) is 111 cm³/mol. The average Bonchev–Trinajstić information content (AvgIpc) is 3.31. The highest BCUT2D eigenvalue weighted by Crippen LogP contribution is 2.37. The molecule has 140 valence electrons. The summed E-state index contributed by atoms with van der Waals surface area (Å²) in [5.74, 6) is 0.707. The van der Waals surface area contributed by atoms with Crippen LogP contribution in [0, 0.1) is 12.8 Å². The maximum Gasteiger partial charge on any atom is 0.265 e. The van der Waals surface area contributed by atoms with Crippen LogP contribution < -0.4 is 5.32 Å². The quantitative estimate of drug-likeness (QED) is 0.549. The minimum atomic E-state index is 0.0510. The lowest BCUT2D eigenvalue weighted by Gasteiger charge is -2.21. The van der Waals surface area contributed by atoms with Crippen molar-refractivity contribution in [1.29, 1.82) is 0 Å². The summed E-state index contributed by atoms with van der Waals surface area (Å²) in [6.07, 6.45) is 3.38. The lowest BCUT2D eigenvalue weighted by atomic mass is 10.3. The van der Waals surface area contributed by atoms with Gasteiger partial charge in [-0.15, -0.1) is 0 Å². The summed E-state index contributed by atoms with van der Waals surface area (Å²) >= 11 is 19.7. The number of nitrogens with one attached hydrogen (secondary N) is 1. The van der Waals surface area contributed by atoms with E-state index in [1.54, 1.807) is 12.1 Å². The first-order chi connectivity index (χ1) is 12.4. The van der Waals surface area contributed by atoms with Crippen molar-refractivity contribution >= 4 is 62.9 Å². The molecule has 1 aromatic heterocycles. The van der Waals surface area contributed by atoms with Crippen molar-refractivity contribution in [2.45, 2.75) is 33.1 Å². The molecule has 26 heavy (non-hydrogen) atoms. The molecule has 3 rings (SSSR count). The van der Waals surface area contributed by atoms with Gasteiger partial charge in [-0.05, 0) is 44.2 Å². The zero-order valence-electron chi connectivity index (χ0n) is 14.6. The van der Waals surface area contributed by atoms with Crippen LogP contribution in [-0.2, 0) is 0 Å². The third-order valence-corrected chi connectivity index (χ3v) is 6.06. The van der Waals surface area contributed by atoms with E-state index >= 15 is 0 Å². The third kappa shape index (κ3) is 4.63. The molecule has 4 nitrogen and oxygen atoms in total. The van der Waals surface area contributed by atoms with Gasteiger partial charge in [0.1, 0.15) is 4.88 Å². The minimum Gasteiger partial charge on any atom is -0.338 e. The Kier molecular flexibility index (Phi) is 6.33. The topological polar surface area (TPSA) is 45.2 Å². The van der Waals surface area contributed by atoms with E-state index in [0.29, 0.717) is 42.4 Å². The number of aryl methyl sites for hydroxylation is 1. The number of thiazole rings is 1. The molecule has 0 radical (unpaired) electrons. The Morgan fingerprint density at radius 1 is 1.31 bits per heavy atom. The monoisotopic (exact) mass is 431 g/mol. The highest BCUT2D eigenvalue weighted by Gasteiger charge is 2.28. The lowest BCUT2D eigenvalue weighted by Crippen LogP contribution is -2.33. The molecule has 0 spiro atoms. The first-order valence-corrected chi connectivity index (χ1v) is 10.5. The highest BCUT2D eigenvalue weighted by atomic mass is 35.5. The molecule has 8 heteroatoms. The molecule has 1 aromatic carbocycles. The Labute approximate surface area is 172 Å². The van der Waals surface area contributed by atoms with Crippen molar-refractivity contribution in [3.8, 4) is 0 Å². The van der Waals surface area contributed by atoms with Crippen LogP contribution in [0.5, 0.6) is 0 Å². The molecule has 1 fully saturated rings. The first-order valence-electron chi connectivity index (χ1n) is 8.57. The van der Waals surface area contributed by atoms with Crippen LogP contribution in [-0.4, -0.2) is 28.9 Å². The van der Waals surface area contributed by atoms with Crippen molar-refractivity contribution in [1.82, 2.24) is 9.88 Å². The van der Waals surface area contributed by atoms with Gasteiger partial charge in [0.05, 0.1) is 21.4 Å². The summed E-state index contributed by atoms with van der Waals surface area (Å²) in [5, 5.41) is 4.98.